The Morgan fingerprint density at radius 3 is 2.80 bits per heavy atom. The standard InChI is InChI=1S/C15H11FN2O2/c16-14-6-2-1-4-11(14)8-12(9-17)15(19)18-10-13-5-3-7-20-13/h1-8H,10H2,(H,18,19)/b12-8+. The molecule has 0 aliphatic rings. The number of rotatable bonds is 4. The molecule has 1 N–H and O–H groups in total. The van der Waals surface area contributed by atoms with Crippen LogP contribution < -0.4 is 5.32 Å². The molecule has 1 amide bonds. The minimum atomic E-state index is -0.577. The Labute approximate surface area is 115 Å². The highest BCUT2D eigenvalue weighted by molar-refractivity contribution is 6.01. The summed E-state index contributed by atoms with van der Waals surface area (Å²) in [7, 11) is 0. The Bertz CT molecular complexity index is 669. The maximum absolute atomic E-state index is 13.5. The van der Waals surface area contributed by atoms with E-state index in [4.69, 9.17) is 9.68 Å². The number of hydrogen-bond donors (Lipinski definition) is 1. The topological polar surface area (TPSA) is 66.0 Å². The van der Waals surface area contributed by atoms with Gasteiger partial charge < -0.3 is 9.73 Å². The summed E-state index contributed by atoms with van der Waals surface area (Å²) in [6, 6.07) is 11.1. The maximum Gasteiger partial charge on any atom is 0.262 e. The van der Waals surface area contributed by atoms with Crippen LogP contribution in [-0.4, -0.2) is 5.91 Å². The molecule has 0 saturated heterocycles. The van der Waals surface area contributed by atoms with E-state index < -0.39 is 11.7 Å². The first-order valence-electron chi connectivity index (χ1n) is 5.87. The van der Waals surface area contributed by atoms with Gasteiger partial charge in [-0.05, 0) is 24.3 Å². The van der Waals surface area contributed by atoms with Crippen molar-refractivity contribution in [3.8, 4) is 6.07 Å². The average Bonchev–Trinajstić information content (AvgIpc) is 2.97. The summed E-state index contributed by atoms with van der Waals surface area (Å²) in [5, 5.41) is 11.5. The summed E-state index contributed by atoms with van der Waals surface area (Å²) in [6.45, 7) is 0.169. The highest BCUT2D eigenvalue weighted by Gasteiger charge is 2.10. The van der Waals surface area contributed by atoms with Gasteiger partial charge in [0.1, 0.15) is 23.2 Å². The van der Waals surface area contributed by atoms with Crippen LogP contribution in [0.25, 0.3) is 6.08 Å². The Hall–Kier alpha value is -2.87. The molecule has 4 nitrogen and oxygen atoms in total. The number of carbonyl (C=O) groups is 1. The van der Waals surface area contributed by atoms with Crippen molar-refractivity contribution in [3.05, 3.63) is 65.4 Å². The van der Waals surface area contributed by atoms with Gasteiger partial charge in [0.15, 0.2) is 0 Å². The van der Waals surface area contributed by atoms with Crippen molar-refractivity contribution in [2.24, 2.45) is 0 Å². The summed E-state index contributed by atoms with van der Waals surface area (Å²) >= 11 is 0. The Morgan fingerprint density at radius 2 is 2.15 bits per heavy atom. The van der Waals surface area contributed by atoms with Crippen LogP contribution in [-0.2, 0) is 11.3 Å². The van der Waals surface area contributed by atoms with Gasteiger partial charge in [0.05, 0.1) is 12.8 Å². The number of hydrogen-bond acceptors (Lipinski definition) is 3. The Kier molecular flexibility index (Phi) is 4.30. The van der Waals surface area contributed by atoms with Crippen LogP contribution in [0.3, 0.4) is 0 Å². The Morgan fingerprint density at radius 1 is 1.35 bits per heavy atom. The van der Waals surface area contributed by atoms with E-state index >= 15 is 0 Å². The molecule has 0 radical (unpaired) electrons. The first kappa shape index (κ1) is 13.6. The summed E-state index contributed by atoms with van der Waals surface area (Å²) in [5.41, 5.74) is 0.0267. The lowest BCUT2D eigenvalue weighted by molar-refractivity contribution is -0.117. The molecule has 1 aromatic heterocycles. The molecule has 2 rings (SSSR count). The van der Waals surface area contributed by atoms with Crippen LogP contribution >= 0.6 is 0 Å². The van der Waals surface area contributed by atoms with Crippen molar-refractivity contribution in [1.29, 1.82) is 5.26 Å². The molecule has 1 heterocycles. The third-order valence-electron chi connectivity index (χ3n) is 2.57. The lowest BCUT2D eigenvalue weighted by atomic mass is 10.1. The van der Waals surface area contributed by atoms with E-state index in [1.54, 1.807) is 24.3 Å². The van der Waals surface area contributed by atoms with Gasteiger partial charge in [-0.1, -0.05) is 18.2 Å². The first-order valence-corrected chi connectivity index (χ1v) is 5.87. The molecule has 0 unspecified atom stereocenters. The fourth-order valence-corrected chi connectivity index (χ4v) is 1.57. The van der Waals surface area contributed by atoms with E-state index in [-0.39, 0.29) is 17.7 Å². The molecule has 5 heteroatoms. The molecular formula is C15H11FN2O2. The quantitative estimate of drug-likeness (QED) is 0.686. The number of nitrogens with zero attached hydrogens (tertiary/aromatic N) is 1. The summed E-state index contributed by atoms with van der Waals surface area (Å²) in [6.07, 6.45) is 2.70. The third kappa shape index (κ3) is 3.33. The van der Waals surface area contributed by atoms with Crippen molar-refractivity contribution in [3.63, 3.8) is 0 Å². The molecule has 0 aliphatic carbocycles. The fraction of sp³-hybridized carbons (Fsp3) is 0.0667. The van der Waals surface area contributed by atoms with E-state index in [1.165, 1.54) is 30.5 Å². The summed E-state index contributed by atoms with van der Waals surface area (Å²) in [5.74, 6) is -0.493. The predicted octanol–water partition coefficient (Wildman–Crippen LogP) is 2.64. The van der Waals surface area contributed by atoms with E-state index in [1.807, 2.05) is 0 Å². The van der Waals surface area contributed by atoms with Crippen LogP contribution in [0.1, 0.15) is 11.3 Å². The third-order valence-corrected chi connectivity index (χ3v) is 2.57. The molecule has 0 bridgehead atoms. The SMILES string of the molecule is N#C/C(=C\c1ccccc1F)C(=O)NCc1ccco1. The van der Waals surface area contributed by atoms with Gasteiger partial charge in [0.2, 0.25) is 0 Å². The smallest absolute Gasteiger partial charge is 0.262 e. The van der Waals surface area contributed by atoms with E-state index in [0.29, 0.717) is 5.76 Å². The number of nitriles is 1. The minimum Gasteiger partial charge on any atom is -0.467 e. The normalized spacial score (nSPS) is 10.9. The van der Waals surface area contributed by atoms with Crippen LogP contribution in [0.15, 0.2) is 52.7 Å². The molecule has 0 fully saturated rings. The van der Waals surface area contributed by atoms with Gasteiger partial charge in [-0.2, -0.15) is 5.26 Å². The number of halogens is 1. The molecule has 100 valence electrons. The predicted molar refractivity (Wildman–Crippen MR) is 70.5 cm³/mol. The number of amides is 1. The molecule has 1 aromatic carbocycles. The zero-order valence-electron chi connectivity index (χ0n) is 10.5. The van der Waals surface area contributed by atoms with Gasteiger partial charge in [-0.25, -0.2) is 4.39 Å². The van der Waals surface area contributed by atoms with Crippen molar-refractivity contribution < 1.29 is 13.6 Å². The van der Waals surface area contributed by atoms with E-state index in [2.05, 4.69) is 5.32 Å². The van der Waals surface area contributed by atoms with Gasteiger partial charge >= 0.3 is 0 Å². The van der Waals surface area contributed by atoms with E-state index in [0.717, 1.165) is 0 Å². The molecular weight excluding hydrogens is 259 g/mol. The largest absolute Gasteiger partial charge is 0.467 e. The number of benzene rings is 1. The molecule has 20 heavy (non-hydrogen) atoms. The highest BCUT2D eigenvalue weighted by atomic mass is 19.1. The van der Waals surface area contributed by atoms with Crippen LogP contribution in [0, 0.1) is 17.1 Å². The van der Waals surface area contributed by atoms with Gasteiger partial charge in [0, 0.05) is 5.56 Å². The highest BCUT2D eigenvalue weighted by Crippen LogP contribution is 2.11. The van der Waals surface area contributed by atoms with Crippen LogP contribution in [0.4, 0.5) is 4.39 Å². The number of carbonyl (C=O) groups excluding carboxylic acids is 1. The molecule has 0 aliphatic heterocycles. The molecule has 0 saturated carbocycles. The molecule has 0 spiro atoms. The first-order chi connectivity index (χ1) is 9.70. The van der Waals surface area contributed by atoms with Crippen molar-refractivity contribution >= 4 is 12.0 Å². The summed E-state index contributed by atoms with van der Waals surface area (Å²) < 4.78 is 18.5. The fourth-order valence-electron chi connectivity index (χ4n) is 1.57. The second-order valence-corrected chi connectivity index (χ2v) is 3.95. The Balaban J connectivity index is 2.10. The monoisotopic (exact) mass is 270 g/mol. The number of furan rings is 1. The zero-order chi connectivity index (χ0) is 14.4. The van der Waals surface area contributed by atoms with Crippen LogP contribution in [0.2, 0.25) is 0 Å². The van der Waals surface area contributed by atoms with Gasteiger partial charge in [-0.15, -0.1) is 0 Å². The van der Waals surface area contributed by atoms with E-state index in [9.17, 15) is 9.18 Å². The second-order valence-electron chi connectivity index (χ2n) is 3.95. The minimum absolute atomic E-state index is 0.165. The van der Waals surface area contributed by atoms with Crippen molar-refractivity contribution in [2.45, 2.75) is 6.54 Å². The van der Waals surface area contributed by atoms with Crippen molar-refractivity contribution in [1.82, 2.24) is 5.32 Å². The maximum atomic E-state index is 13.5. The number of nitrogens with one attached hydrogen (secondary N) is 1. The van der Waals surface area contributed by atoms with Gasteiger partial charge in [-0.3, -0.25) is 4.79 Å². The van der Waals surface area contributed by atoms with Gasteiger partial charge in [0.25, 0.3) is 5.91 Å². The molecule has 0 atom stereocenters. The lowest BCUT2D eigenvalue weighted by Crippen LogP contribution is -2.23. The van der Waals surface area contributed by atoms with Crippen molar-refractivity contribution in [2.75, 3.05) is 0 Å². The zero-order valence-corrected chi connectivity index (χ0v) is 10.5. The van der Waals surface area contributed by atoms with Crippen LogP contribution in [0.5, 0.6) is 0 Å². The molecule has 2 aromatic rings. The summed E-state index contributed by atoms with van der Waals surface area (Å²) in [4.78, 5) is 11.8. The lowest BCUT2D eigenvalue weighted by Gasteiger charge is -2.02. The average molecular weight is 270 g/mol. The second kappa shape index (κ2) is 6.34.